The third-order valence-electron chi connectivity index (χ3n) is 2.34. The van der Waals surface area contributed by atoms with Crippen molar-refractivity contribution < 1.29 is 23.1 Å². The predicted molar refractivity (Wildman–Crippen MR) is 69.6 cm³/mol. The van der Waals surface area contributed by atoms with Crippen LogP contribution in [0.1, 0.15) is 13.3 Å². The van der Waals surface area contributed by atoms with Gasteiger partial charge >= 0.3 is 12.0 Å². The van der Waals surface area contributed by atoms with E-state index in [0.29, 0.717) is 0 Å². The summed E-state index contributed by atoms with van der Waals surface area (Å²) in [5.74, 6) is -2.73. The first kappa shape index (κ1) is 16.2. The molecule has 0 aliphatic rings. The molecule has 0 bridgehead atoms. The number of carbonyl (C=O) groups is 2. The van der Waals surface area contributed by atoms with Crippen LogP contribution in [0.15, 0.2) is 12.1 Å². The fraction of sp³-hybridized carbons (Fsp3) is 0.333. The molecule has 0 saturated carbocycles. The summed E-state index contributed by atoms with van der Waals surface area (Å²) in [5, 5.41) is 4.55. The third-order valence-corrected chi connectivity index (χ3v) is 2.65. The van der Waals surface area contributed by atoms with Crippen molar-refractivity contribution in [3.8, 4) is 0 Å². The van der Waals surface area contributed by atoms with Gasteiger partial charge in [0.05, 0.1) is 24.2 Å². The molecule has 0 saturated heterocycles. The maximum atomic E-state index is 13.0. The number of hydrogen-bond donors (Lipinski definition) is 2. The van der Waals surface area contributed by atoms with Gasteiger partial charge in [0.1, 0.15) is 0 Å². The molecule has 0 spiro atoms. The lowest BCUT2D eigenvalue weighted by Crippen LogP contribution is -2.37. The summed E-state index contributed by atoms with van der Waals surface area (Å²) in [4.78, 5) is 22.6. The molecule has 0 heterocycles. The zero-order chi connectivity index (χ0) is 15.3. The number of benzene rings is 1. The van der Waals surface area contributed by atoms with E-state index in [1.807, 2.05) is 0 Å². The van der Waals surface area contributed by atoms with Crippen LogP contribution in [-0.2, 0) is 9.53 Å². The Morgan fingerprint density at radius 1 is 1.35 bits per heavy atom. The summed E-state index contributed by atoms with van der Waals surface area (Å²) >= 11 is 5.67. The lowest BCUT2D eigenvalue weighted by molar-refractivity contribution is -0.141. The molecule has 1 atom stereocenters. The minimum absolute atomic E-state index is 0.0184. The van der Waals surface area contributed by atoms with Crippen molar-refractivity contribution in [1.29, 1.82) is 0 Å². The van der Waals surface area contributed by atoms with Crippen molar-refractivity contribution in [2.24, 2.45) is 0 Å². The molecule has 0 fully saturated rings. The summed E-state index contributed by atoms with van der Waals surface area (Å²) in [6.07, 6.45) is -0.0184. The first-order valence-corrected chi connectivity index (χ1v) is 6.00. The number of anilines is 1. The summed E-state index contributed by atoms with van der Waals surface area (Å²) in [7, 11) is 1.23. The van der Waals surface area contributed by atoms with Crippen molar-refractivity contribution in [3.63, 3.8) is 0 Å². The first-order valence-electron chi connectivity index (χ1n) is 5.62. The standard InChI is InChI=1S/C12H13ClF2N2O3/c1-6(3-11(18)20-2)16-12(19)17-10-5-9(15)8(14)4-7(10)13/h4-6H,3H2,1-2H3,(H2,16,17,19)/t6-/m1/s1. The van der Waals surface area contributed by atoms with Crippen molar-refractivity contribution in [3.05, 3.63) is 28.8 Å². The fourth-order valence-electron chi connectivity index (χ4n) is 1.38. The fourth-order valence-corrected chi connectivity index (χ4v) is 1.58. The molecular weight excluding hydrogens is 294 g/mol. The van der Waals surface area contributed by atoms with Gasteiger partial charge in [0.25, 0.3) is 0 Å². The Morgan fingerprint density at radius 3 is 2.55 bits per heavy atom. The van der Waals surface area contributed by atoms with Gasteiger partial charge in [0.15, 0.2) is 11.6 Å². The van der Waals surface area contributed by atoms with E-state index in [-0.39, 0.29) is 17.1 Å². The maximum Gasteiger partial charge on any atom is 0.319 e. The van der Waals surface area contributed by atoms with Gasteiger partial charge in [-0.3, -0.25) is 4.79 Å². The molecule has 1 aromatic rings. The molecule has 5 nitrogen and oxygen atoms in total. The van der Waals surface area contributed by atoms with Crippen molar-refractivity contribution in [2.75, 3.05) is 12.4 Å². The number of hydrogen-bond acceptors (Lipinski definition) is 3. The Balaban J connectivity index is 2.63. The Kier molecular flexibility index (Phi) is 5.69. The van der Waals surface area contributed by atoms with E-state index in [1.165, 1.54) is 7.11 Å². The zero-order valence-corrected chi connectivity index (χ0v) is 11.6. The van der Waals surface area contributed by atoms with E-state index in [4.69, 9.17) is 11.6 Å². The van der Waals surface area contributed by atoms with E-state index in [9.17, 15) is 18.4 Å². The lowest BCUT2D eigenvalue weighted by atomic mass is 10.2. The Morgan fingerprint density at radius 2 is 1.95 bits per heavy atom. The highest BCUT2D eigenvalue weighted by molar-refractivity contribution is 6.33. The Hall–Kier alpha value is -1.89. The van der Waals surface area contributed by atoms with Gasteiger partial charge in [-0.2, -0.15) is 0 Å². The summed E-state index contributed by atoms with van der Waals surface area (Å²) < 4.78 is 30.3. The number of ether oxygens (including phenoxy) is 1. The average molecular weight is 307 g/mol. The van der Waals surface area contributed by atoms with Crippen LogP contribution in [0, 0.1) is 11.6 Å². The Labute approximate surface area is 119 Å². The molecule has 110 valence electrons. The largest absolute Gasteiger partial charge is 0.469 e. The number of carbonyl (C=O) groups excluding carboxylic acids is 2. The number of methoxy groups -OCH3 is 1. The highest BCUT2D eigenvalue weighted by Gasteiger charge is 2.14. The minimum Gasteiger partial charge on any atom is -0.469 e. The summed E-state index contributed by atoms with van der Waals surface area (Å²) in [6, 6.07) is 0.327. The van der Waals surface area contributed by atoms with Crippen LogP contribution in [0.5, 0.6) is 0 Å². The number of esters is 1. The molecule has 0 aliphatic heterocycles. The summed E-state index contributed by atoms with van der Waals surface area (Å²) in [5.41, 5.74) is -0.0756. The smallest absolute Gasteiger partial charge is 0.319 e. The van der Waals surface area contributed by atoms with Gasteiger partial charge in [0, 0.05) is 12.1 Å². The highest BCUT2D eigenvalue weighted by Crippen LogP contribution is 2.24. The first-order chi connectivity index (χ1) is 9.33. The highest BCUT2D eigenvalue weighted by atomic mass is 35.5. The van der Waals surface area contributed by atoms with E-state index < -0.39 is 29.7 Å². The normalized spacial score (nSPS) is 11.7. The van der Waals surface area contributed by atoms with Crippen LogP contribution in [0.25, 0.3) is 0 Å². The van der Waals surface area contributed by atoms with Crippen LogP contribution < -0.4 is 10.6 Å². The van der Waals surface area contributed by atoms with Crippen LogP contribution in [-0.4, -0.2) is 25.2 Å². The average Bonchev–Trinajstić information content (AvgIpc) is 2.35. The van der Waals surface area contributed by atoms with Gasteiger partial charge in [-0.15, -0.1) is 0 Å². The van der Waals surface area contributed by atoms with Gasteiger partial charge in [0.2, 0.25) is 0 Å². The second-order valence-electron chi connectivity index (χ2n) is 4.03. The molecule has 0 unspecified atom stereocenters. The van der Waals surface area contributed by atoms with Crippen molar-refractivity contribution in [1.82, 2.24) is 5.32 Å². The monoisotopic (exact) mass is 306 g/mol. The van der Waals surface area contributed by atoms with Gasteiger partial charge in [-0.05, 0) is 13.0 Å². The molecule has 1 aromatic carbocycles. The molecule has 1 rings (SSSR count). The van der Waals surface area contributed by atoms with Crippen molar-refractivity contribution >= 4 is 29.3 Å². The molecule has 0 aromatic heterocycles. The van der Waals surface area contributed by atoms with E-state index in [0.717, 1.165) is 12.1 Å². The van der Waals surface area contributed by atoms with E-state index in [1.54, 1.807) is 6.92 Å². The van der Waals surface area contributed by atoms with Gasteiger partial charge in [-0.1, -0.05) is 11.6 Å². The topological polar surface area (TPSA) is 67.4 Å². The van der Waals surface area contributed by atoms with Crippen molar-refractivity contribution in [2.45, 2.75) is 19.4 Å². The Bertz CT molecular complexity index is 526. The van der Waals surface area contributed by atoms with E-state index in [2.05, 4.69) is 15.4 Å². The second-order valence-corrected chi connectivity index (χ2v) is 4.43. The number of rotatable bonds is 4. The lowest BCUT2D eigenvalue weighted by Gasteiger charge is -2.14. The van der Waals surface area contributed by atoms with Gasteiger partial charge < -0.3 is 15.4 Å². The number of nitrogens with one attached hydrogen (secondary N) is 2. The van der Waals surface area contributed by atoms with Crippen LogP contribution in [0.3, 0.4) is 0 Å². The summed E-state index contributed by atoms with van der Waals surface area (Å²) in [6.45, 7) is 1.59. The molecule has 8 heteroatoms. The zero-order valence-electron chi connectivity index (χ0n) is 10.8. The molecule has 20 heavy (non-hydrogen) atoms. The predicted octanol–water partition coefficient (Wildman–Crippen LogP) is 2.69. The number of amides is 2. The molecule has 2 N–H and O–H groups in total. The number of halogens is 3. The van der Waals surface area contributed by atoms with E-state index >= 15 is 0 Å². The molecular formula is C12H13ClF2N2O3. The second kappa shape index (κ2) is 7.04. The molecule has 0 aliphatic carbocycles. The quantitative estimate of drug-likeness (QED) is 0.664. The van der Waals surface area contributed by atoms with Crippen LogP contribution in [0.4, 0.5) is 19.3 Å². The van der Waals surface area contributed by atoms with Crippen LogP contribution >= 0.6 is 11.6 Å². The SMILES string of the molecule is COC(=O)C[C@@H](C)NC(=O)Nc1cc(F)c(F)cc1Cl. The molecule has 0 radical (unpaired) electrons. The van der Waals surface area contributed by atoms with Crippen LogP contribution in [0.2, 0.25) is 5.02 Å². The molecule has 2 amide bonds. The number of urea groups is 1. The van der Waals surface area contributed by atoms with Gasteiger partial charge in [-0.25, -0.2) is 13.6 Å². The minimum atomic E-state index is -1.13. The maximum absolute atomic E-state index is 13.0. The third kappa shape index (κ3) is 4.65.